The molecule has 1 heterocycles. The number of hydrogen-bond donors (Lipinski definition) is 0. The Morgan fingerprint density at radius 2 is 2.45 bits per heavy atom. The fourth-order valence-electron chi connectivity index (χ4n) is 0.918. The van der Waals surface area contributed by atoms with Gasteiger partial charge in [-0.3, -0.25) is 4.99 Å². The summed E-state index contributed by atoms with van der Waals surface area (Å²) in [6.07, 6.45) is 7.75. The molecule has 0 aromatic heterocycles. The molecular weight excluding hydrogens is 138 g/mol. The van der Waals surface area contributed by atoms with E-state index in [1.807, 2.05) is 6.08 Å². The highest BCUT2D eigenvalue weighted by Gasteiger charge is 1.97. The summed E-state index contributed by atoms with van der Waals surface area (Å²) in [5.41, 5.74) is 1.20. The first-order valence-electron chi connectivity index (χ1n) is 3.83. The fraction of sp³-hybridized carbons (Fsp3) is 0.444. The monoisotopic (exact) mass is 151 g/mol. The lowest BCUT2D eigenvalue weighted by Gasteiger charge is -1.94. The third kappa shape index (κ3) is 2.22. The van der Waals surface area contributed by atoms with Gasteiger partial charge in [0.2, 0.25) is 0 Å². The molecular formula is C9H13NO. The molecule has 0 atom stereocenters. The van der Waals surface area contributed by atoms with Crippen molar-refractivity contribution in [1.82, 2.24) is 0 Å². The van der Waals surface area contributed by atoms with Crippen LogP contribution in [0.25, 0.3) is 0 Å². The Labute approximate surface area is 67.3 Å². The molecule has 0 N–H and O–H groups in total. The van der Waals surface area contributed by atoms with Crippen LogP contribution in [0.2, 0.25) is 0 Å². The number of methoxy groups -OCH3 is 1. The third-order valence-electron chi connectivity index (χ3n) is 1.65. The van der Waals surface area contributed by atoms with Gasteiger partial charge in [-0.25, -0.2) is 0 Å². The molecule has 0 radical (unpaired) electrons. The van der Waals surface area contributed by atoms with Gasteiger partial charge in [0.05, 0.1) is 13.3 Å². The van der Waals surface area contributed by atoms with Crippen molar-refractivity contribution in [2.45, 2.75) is 19.8 Å². The Kier molecular flexibility index (Phi) is 2.90. The third-order valence-corrected chi connectivity index (χ3v) is 1.65. The number of allylic oxidation sites excluding steroid dienone is 2. The second kappa shape index (κ2) is 3.96. The Morgan fingerprint density at radius 1 is 1.64 bits per heavy atom. The van der Waals surface area contributed by atoms with Gasteiger partial charge in [-0.1, -0.05) is 13.0 Å². The Bertz CT molecular complexity index is 214. The molecule has 0 aromatic rings. The fourth-order valence-corrected chi connectivity index (χ4v) is 0.918. The molecule has 2 heteroatoms. The number of rotatable bonds is 2. The molecule has 0 spiro atoms. The highest BCUT2D eigenvalue weighted by atomic mass is 16.5. The second-order valence-corrected chi connectivity index (χ2v) is 2.39. The van der Waals surface area contributed by atoms with Crippen LogP contribution in [0.15, 0.2) is 29.1 Å². The van der Waals surface area contributed by atoms with Gasteiger partial charge < -0.3 is 4.74 Å². The summed E-state index contributed by atoms with van der Waals surface area (Å²) < 4.78 is 5.03. The molecule has 11 heavy (non-hydrogen) atoms. The normalized spacial score (nSPS) is 16.9. The molecule has 0 unspecified atom stereocenters. The summed E-state index contributed by atoms with van der Waals surface area (Å²) in [4.78, 5) is 4.26. The van der Waals surface area contributed by atoms with Gasteiger partial charge in [-0.15, -0.1) is 0 Å². The van der Waals surface area contributed by atoms with Gasteiger partial charge >= 0.3 is 0 Å². The maximum atomic E-state index is 5.03. The lowest BCUT2D eigenvalue weighted by atomic mass is 10.2. The summed E-state index contributed by atoms with van der Waals surface area (Å²) in [6, 6.07) is 0. The zero-order valence-corrected chi connectivity index (χ0v) is 7.00. The lowest BCUT2D eigenvalue weighted by molar-refractivity contribution is 0.306. The first-order chi connectivity index (χ1) is 5.36. The van der Waals surface area contributed by atoms with Crippen molar-refractivity contribution in [3.05, 3.63) is 24.1 Å². The summed E-state index contributed by atoms with van der Waals surface area (Å²) in [5, 5.41) is 0. The van der Waals surface area contributed by atoms with E-state index < -0.39 is 0 Å². The summed E-state index contributed by atoms with van der Waals surface area (Å²) in [5.74, 6) is 0.827. The van der Waals surface area contributed by atoms with Gasteiger partial charge in [0, 0.05) is 12.1 Å². The van der Waals surface area contributed by atoms with Crippen LogP contribution in [0, 0.1) is 0 Å². The molecule has 0 aromatic carbocycles. The van der Waals surface area contributed by atoms with Gasteiger partial charge in [0.15, 0.2) is 0 Å². The van der Waals surface area contributed by atoms with E-state index in [4.69, 9.17) is 4.74 Å². The summed E-state index contributed by atoms with van der Waals surface area (Å²) >= 11 is 0. The van der Waals surface area contributed by atoms with Gasteiger partial charge in [-0.2, -0.15) is 0 Å². The standard InChI is InChI=1S/C9H13NO/c1-3-8-5-4-6-9(11-2)7-10-8/h4,6-7H,3,5H2,1-2H3. The van der Waals surface area contributed by atoms with E-state index in [-0.39, 0.29) is 0 Å². The van der Waals surface area contributed by atoms with Crippen molar-refractivity contribution in [1.29, 1.82) is 0 Å². The number of nitrogens with zero attached hydrogens (tertiary/aromatic N) is 1. The molecule has 60 valence electrons. The average Bonchev–Trinajstić information content (AvgIpc) is 2.28. The largest absolute Gasteiger partial charge is 0.495 e. The quantitative estimate of drug-likeness (QED) is 0.593. The smallest absolute Gasteiger partial charge is 0.136 e. The molecule has 0 saturated carbocycles. The van der Waals surface area contributed by atoms with Crippen LogP contribution in [0.4, 0.5) is 0 Å². The highest BCUT2D eigenvalue weighted by Crippen LogP contribution is 2.06. The molecule has 1 aliphatic heterocycles. The number of aliphatic imine (C=N–C) groups is 1. The van der Waals surface area contributed by atoms with Crippen molar-refractivity contribution >= 4 is 5.71 Å². The van der Waals surface area contributed by atoms with Crippen LogP contribution >= 0.6 is 0 Å². The predicted molar refractivity (Wildman–Crippen MR) is 46.6 cm³/mol. The molecule has 2 nitrogen and oxygen atoms in total. The van der Waals surface area contributed by atoms with Crippen LogP contribution in [-0.2, 0) is 4.74 Å². The van der Waals surface area contributed by atoms with E-state index in [0.717, 1.165) is 18.6 Å². The second-order valence-electron chi connectivity index (χ2n) is 2.39. The van der Waals surface area contributed by atoms with Crippen molar-refractivity contribution in [3.63, 3.8) is 0 Å². The van der Waals surface area contributed by atoms with Crippen molar-refractivity contribution < 1.29 is 4.74 Å². The Hall–Kier alpha value is -1.05. The summed E-state index contributed by atoms with van der Waals surface area (Å²) in [6.45, 7) is 2.11. The SMILES string of the molecule is CCC1=NC=C(OC)C=CC1. The van der Waals surface area contributed by atoms with E-state index in [0.29, 0.717) is 0 Å². The Morgan fingerprint density at radius 3 is 3.09 bits per heavy atom. The lowest BCUT2D eigenvalue weighted by Crippen LogP contribution is -1.90. The van der Waals surface area contributed by atoms with E-state index >= 15 is 0 Å². The molecule has 1 aliphatic rings. The first-order valence-corrected chi connectivity index (χ1v) is 3.83. The van der Waals surface area contributed by atoms with Gasteiger partial charge in [0.25, 0.3) is 0 Å². The Balaban J connectivity index is 2.72. The van der Waals surface area contributed by atoms with Crippen LogP contribution in [0.3, 0.4) is 0 Å². The predicted octanol–water partition coefficient (Wildman–Crippen LogP) is 2.29. The molecule has 1 rings (SSSR count). The van der Waals surface area contributed by atoms with Crippen LogP contribution in [0.5, 0.6) is 0 Å². The van der Waals surface area contributed by atoms with Crippen molar-refractivity contribution in [3.8, 4) is 0 Å². The molecule has 0 aliphatic carbocycles. The van der Waals surface area contributed by atoms with Crippen molar-refractivity contribution in [2.75, 3.05) is 7.11 Å². The molecule has 0 amide bonds. The minimum Gasteiger partial charge on any atom is -0.495 e. The number of ether oxygens (including phenoxy) is 1. The minimum absolute atomic E-state index is 0.827. The maximum Gasteiger partial charge on any atom is 0.136 e. The minimum atomic E-state index is 0.827. The topological polar surface area (TPSA) is 21.6 Å². The molecule has 0 bridgehead atoms. The zero-order valence-electron chi connectivity index (χ0n) is 7.00. The highest BCUT2D eigenvalue weighted by molar-refractivity contribution is 5.86. The van der Waals surface area contributed by atoms with E-state index in [2.05, 4.69) is 18.0 Å². The van der Waals surface area contributed by atoms with E-state index in [9.17, 15) is 0 Å². The van der Waals surface area contributed by atoms with E-state index in [1.165, 1.54) is 5.71 Å². The van der Waals surface area contributed by atoms with E-state index in [1.54, 1.807) is 13.3 Å². The number of hydrogen-bond acceptors (Lipinski definition) is 2. The van der Waals surface area contributed by atoms with Crippen LogP contribution in [0.1, 0.15) is 19.8 Å². The summed E-state index contributed by atoms with van der Waals surface area (Å²) in [7, 11) is 1.66. The van der Waals surface area contributed by atoms with Crippen LogP contribution in [-0.4, -0.2) is 12.8 Å². The van der Waals surface area contributed by atoms with Crippen molar-refractivity contribution in [2.24, 2.45) is 4.99 Å². The molecule has 0 fully saturated rings. The van der Waals surface area contributed by atoms with Crippen LogP contribution < -0.4 is 0 Å². The maximum absolute atomic E-state index is 5.03. The van der Waals surface area contributed by atoms with Gasteiger partial charge in [0.1, 0.15) is 5.76 Å². The van der Waals surface area contributed by atoms with Gasteiger partial charge in [-0.05, 0) is 12.5 Å². The zero-order chi connectivity index (χ0) is 8.10. The molecule has 0 saturated heterocycles. The first kappa shape index (κ1) is 8.05. The average molecular weight is 151 g/mol.